The summed E-state index contributed by atoms with van der Waals surface area (Å²) in [6.07, 6.45) is 0.787. The van der Waals surface area contributed by atoms with Gasteiger partial charge in [-0.3, -0.25) is 4.79 Å². The lowest BCUT2D eigenvalue weighted by Gasteiger charge is -2.16. The fourth-order valence-corrected chi connectivity index (χ4v) is 2.63. The number of nitrogens with zero attached hydrogens (tertiary/aromatic N) is 3. The highest BCUT2D eigenvalue weighted by atomic mass is 16.4. The van der Waals surface area contributed by atoms with Crippen LogP contribution < -0.4 is 0 Å². The molecule has 3 aromatic rings. The predicted molar refractivity (Wildman–Crippen MR) is 95.7 cm³/mol. The zero-order valence-corrected chi connectivity index (χ0v) is 14.5. The molecule has 0 bridgehead atoms. The van der Waals surface area contributed by atoms with Crippen molar-refractivity contribution in [1.82, 2.24) is 15.1 Å². The van der Waals surface area contributed by atoms with Gasteiger partial charge in [-0.05, 0) is 24.1 Å². The molecule has 128 valence electrons. The van der Waals surface area contributed by atoms with E-state index in [0.717, 1.165) is 16.7 Å². The molecule has 5 heteroatoms. The maximum atomic E-state index is 12.3. The standard InChI is InChI=1S/C20H21N3O2/c1-15-8-6-7-11-17(15)20-22-21-18(25-20)12-13-19(24)23(2)14-16-9-4-3-5-10-16/h3-11H,12-14H2,1-2H3. The average Bonchev–Trinajstić information content (AvgIpc) is 3.09. The molecule has 0 saturated heterocycles. The van der Waals surface area contributed by atoms with E-state index in [0.29, 0.717) is 31.2 Å². The summed E-state index contributed by atoms with van der Waals surface area (Å²) in [6.45, 7) is 2.60. The topological polar surface area (TPSA) is 59.2 Å². The Kier molecular flexibility index (Phi) is 5.23. The number of benzene rings is 2. The fourth-order valence-electron chi connectivity index (χ4n) is 2.63. The molecule has 0 saturated carbocycles. The number of hydrogen-bond donors (Lipinski definition) is 0. The molecule has 0 unspecified atom stereocenters. The van der Waals surface area contributed by atoms with Crippen LogP contribution in [0.5, 0.6) is 0 Å². The third-order valence-electron chi connectivity index (χ3n) is 4.08. The van der Waals surface area contributed by atoms with Crippen LogP contribution in [0, 0.1) is 6.92 Å². The van der Waals surface area contributed by atoms with E-state index in [2.05, 4.69) is 10.2 Å². The summed E-state index contributed by atoms with van der Waals surface area (Å²) in [4.78, 5) is 14.0. The predicted octanol–water partition coefficient (Wildman–Crippen LogP) is 3.64. The molecule has 0 radical (unpaired) electrons. The third kappa shape index (κ3) is 4.32. The average molecular weight is 335 g/mol. The van der Waals surface area contributed by atoms with E-state index in [1.54, 1.807) is 4.90 Å². The molecule has 0 aliphatic carbocycles. The zero-order chi connectivity index (χ0) is 17.6. The zero-order valence-electron chi connectivity index (χ0n) is 14.5. The maximum Gasteiger partial charge on any atom is 0.247 e. The van der Waals surface area contributed by atoms with E-state index in [4.69, 9.17) is 4.42 Å². The van der Waals surface area contributed by atoms with Crippen molar-refractivity contribution < 1.29 is 9.21 Å². The number of rotatable bonds is 6. The molecule has 0 aliphatic rings. The molecule has 0 atom stereocenters. The Labute approximate surface area is 147 Å². The van der Waals surface area contributed by atoms with Crippen LogP contribution in [-0.4, -0.2) is 28.1 Å². The summed E-state index contributed by atoms with van der Waals surface area (Å²) in [5, 5.41) is 8.16. The van der Waals surface area contributed by atoms with Gasteiger partial charge >= 0.3 is 0 Å². The van der Waals surface area contributed by atoms with Crippen molar-refractivity contribution in [3.05, 3.63) is 71.6 Å². The van der Waals surface area contributed by atoms with Crippen molar-refractivity contribution >= 4 is 5.91 Å². The van der Waals surface area contributed by atoms with E-state index < -0.39 is 0 Å². The molecular weight excluding hydrogens is 314 g/mol. The first-order valence-corrected chi connectivity index (χ1v) is 8.30. The minimum atomic E-state index is 0.0551. The van der Waals surface area contributed by atoms with Crippen molar-refractivity contribution in [2.24, 2.45) is 0 Å². The monoisotopic (exact) mass is 335 g/mol. The quantitative estimate of drug-likeness (QED) is 0.690. The minimum Gasteiger partial charge on any atom is -0.421 e. The van der Waals surface area contributed by atoms with Gasteiger partial charge in [-0.2, -0.15) is 0 Å². The van der Waals surface area contributed by atoms with Gasteiger partial charge in [0.25, 0.3) is 0 Å². The van der Waals surface area contributed by atoms with Gasteiger partial charge in [0.15, 0.2) is 0 Å². The van der Waals surface area contributed by atoms with Gasteiger partial charge in [0.05, 0.1) is 0 Å². The minimum absolute atomic E-state index is 0.0551. The Hall–Kier alpha value is -2.95. The molecule has 3 rings (SSSR count). The SMILES string of the molecule is Cc1ccccc1-c1nnc(CCC(=O)N(C)Cc2ccccc2)o1. The Morgan fingerprint density at radius 3 is 2.52 bits per heavy atom. The lowest BCUT2D eigenvalue weighted by atomic mass is 10.1. The van der Waals surface area contributed by atoms with Crippen molar-refractivity contribution in [1.29, 1.82) is 0 Å². The van der Waals surface area contributed by atoms with Crippen LogP contribution in [-0.2, 0) is 17.8 Å². The van der Waals surface area contributed by atoms with Gasteiger partial charge < -0.3 is 9.32 Å². The summed E-state index contributed by atoms with van der Waals surface area (Å²) in [5.41, 5.74) is 3.11. The smallest absolute Gasteiger partial charge is 0.247 e. The van der Waals surface area contributed by atoms with Crippen molar-refractivity contribution in [2.75, 3.05) is 7.05 Å². The van der Waals surface area contributed by atoms with Crippen molar-refractivity contribution in [3.63, 3.8) is 0 Å². The van der Waals surface area contributed by atoms with Gasteiger partial charge in [0.2, 0.25) is 17.7 Å². The highest BCUT2D eigenvalue weighted by Gasteiger charge is 2.14. The van der Waals surface area contributed by atoms with Crippen LogP contribution >= 0.6 is 0 Å². The van der Waals surface area contributed by atoms with E-state index in [-0.39, 0.29) is 5.91 Å². The van der Waals surface area contributed by atoms with Crippen LogP contribution in [0.1, 0.15) is 23.4 Å². The van der Waals surface area contributed by atoms with Crippen LogP contribution in [0.15, 0.2) is 59.0 Å². The molecule has 5 nitrogen and oxygen atoms in total. The second-order valence-electron chi connectivity index (χ2n) is 6.05. The molecule has 2 aromatic carbocycles. The van der Waals surface area contributed by atoms with Gasteiger partial charge in [0, 0.05) is 32.0 Å². The molecule has 25 heavy (non-hydrogen) atoms. The summed E-state index contributed by atoms with van der Waals surface area (Å²) in [7, 11) is 1.81. The number of carbonyl (C=O) groups excluding carboxylic acids is 1. The van der Waals surface area contributed by atoms with E-state index in [9.17, 15) is 4.79 Å². The first-order chi connectivity index (χ1) is 12.1. The van der Waals surface area contributed by atoms with Crippen LogP contribution in [0.25, 0.3) is 11.5 Å². The molecule has 1 heterocycles. The third-order valence-corrected chi connectivity index (χ3v) is 4.08. The largest absolute Gasteiger partial charge is 0.421 e. The number of hydrogen-bond acceptors (Lipinski definition) is 4. The van der Waals surface area contributed by atoms with Crippen LogP contribution in [0.3, 0.4) is 0 Å². The number of aryl methyl sites for hydroxylation is 2. The maximum absolute atomic E-state index is 12.3. The first-order valence-electron chi connectivity index (χ1n) is 8.30. The van der Waals surface area contributed by atoms with Gasteiger partial charge in [0.1, 0.15) is 0 Å². The summed E-state index contributed by atoms with van der Waals surface area (Å²) >= 11 is 0. The van der Waals surface area contributed by atoms with Crippen molar-refractivity contribution in [2.45, 2.75) is 26.3 Å². The van der Waals surface area contributed by atoms with E-state index in [1.807, 2.05) is 68.6 Å². The summed E-state index contributed by atoms with van der Waals surface area (Å²) < 4.78 is 5.71. The lowest BCUT2D eigenvalue weighted by molar-refractivity contribution is -0.130. The molecule has 0 spiro atoms. The summed E-state index contributed by atoms with van der Waals surface area (Å²) in [5.74, 6) is 1.04. The molecule has 1 amide bonds. The summed E-state index contributed by atoms with van der Waals surface area (Å²) in [6, 6.07) is 17.8. The Morgan fingerprint density at radius 2 is 1.76 bits per heavy atom. The van der Waals surface area contributed by atoms with Gasteiger partial charge in [-0.25, -0.2) is 0 Å². The van der Waals surface area contributed by atoms with Crippen LogP contribution in [0.2, 0.25) is 0 Å². The molecule has 0 fully saturated rings. The Balaban J connectivity index is 1.57. The number of aromatic nitrogens is 2. The number of carbonyl (C=O) groups is 1. The van der Waals surface area contributed by atoms with Crippen molar-refractivity contribution in [3.8, 4) is 11.5 Å². The molecule has 0 aliphatic heterocycles. The van der Waals surface area contributed by atoms with E-state index >= 15 is 0 Å². The highest BCUT2D eigenvalue weighted by Crippen LogP contribution is 2.21. The highest BCUT2D eigenvalue weighted by molar-refractivity contribution is 5.76. The normalized spacial score (nSPS) is 10.6. The van der Waals surface area contributed by atoms with Gasteiger partial charge in [-0.15, -0.1) is 10.2 Å². The molecule has 0 N–H and O–H groups in total. The fraction of sp³-hybridized carbons (Fsp3) is 0.250. The molecule has 1 aromatic heterocycles. The second kappa shape index (κ2) is 7.75. The Bertz CT molecular complexity index is 843. The van der Waals surface area contributed by atoms with Crippen LogP contribution in [0.4, 0.5) is 0 Å². The van der Waals surface area contributed by atoms with Gasteiger partial charge in [-0.1, -0.05) is 48.5 Å². The lowest BCUT2D eigenvalue weighted by Crippen LogP contribution is -2.26. The first kappa shape index (κ1) is 16.9. The Morgan fingerprint density at radius 1 is 1.04 bits per heavy atom. The molecular formula is C20H21N3O2. The second-order valence-corrected chi connectivity index (χ2v) is 6.05. The van der Waals surface area contributed by atoms with E-state index in [1.165, 1.54) is 0 Å². The number of amides is 1.